The minimum absolute atomic E-state index is 0.116. The molecule has 2 aromatic rings. The first-order valence-corrected chi connectivity index (χ1v) is 12.1. The van der Waals surface area contributed by atoms with Gasteiger partial charge in [0.1, 0.15) is 16.2 Å². The van der Waals surface area contributed by atoms with Crippen molar-refractivity contribution in [2.75, 3.05) is 33.4 Å². The molecule has 0 aliphatic carbocycles. The number of rotatable bonds is 8. The van der Waals surface area contributed by atoms with Crippen LogP contribution in [0.2, 0.25) is 0 Å². The van der Waals surface area contributed by atoms with Gasteiger partial charge in [0.15, 0.2) is 0 Å². The number of nitrogens with zero attached hydrogens (tertiary/aromatic N) is 1. The fourth-order valence-corrected chi connectivity index (χ4v) is 5.77. The first kappa shape index (κ1) is 23.2. The summed E-state index contributed by atoms with van der Waals surface area (Å²) in [6.07, 6.45) is 0.250. The number of carbonyl (C=O) groups excluding carboxylic acids is 2. The van der Waals surface area contributed by atoms with Gasteiger partial charge in [0.05, 0.1) is 20.3 Å². The maximum atomic E-state index is 12.8. The largest absolute Gasteiger partial charge is 0.497 e. The van der Waals surface area contributed by atoms with E-state index in [0.29, 0.717) is 19.4 Å². The molecule has 1 saturated heterocycles. The normalized spacial score (nSPS) is 17.1. The van der Waals surface area contributed by atoms with Crippen LogP contribution in [0.25, 0.3) is 0 Å². The zero-order valence-corrected chi connectivity index (χ0v) is 18.7. The fraction of sp³-hybridized carbons (Fsp3) is 0.400. The summed E-state index contributed by atoms with van der Waals surface area (Å²) in [7, 11) is -2.13. The molecular formula is C20H25N3O6S2. The highest BCUT2D eigenvalue weighted by Gasteiger charge is 2.35. The van der Waals surface area contributed by atoms with Gasteiger partial charge < -0.3 is 20.1 Å². The van der Waals surface area contributed by atoms with Crippen molar-refractivity contribution in [3.05, 3.63) is 47.3 Å². The number of hydrogen-bond acceptors (Lipinski definition) is 7. The van der Waals surface area contributed by atoms with Crippen molar-refractivity contribution in [3.63, 3.8) is 0 Å². The van der Waals surface area contributed by atoms with Gasteiger partial charge in [-0.3, -0.25) is 9.59 Å². The van der Waals surface area contributed by atoms with Crippen molar-refractivity contribution in [3.8, 4) is 5.75 Å². The lowest BCUT2D eigenvalue weighted by Gasteiger charge is -2.34. The molecule has 0 saturated carbocycles. The first-order chi connectivity index (χ1) is 14.9. The summed E-state index contributed by atoms with van der Waals surface area (Å²) < 4.78 is 37.7. The van der Waals surface area contributed by atoms with Crippen molar-refractivity contribution in [1.29, 1.82) is 0 Å². The number of ether oxygens (including phenoxy) is 2. The standard InChI is InChI=1S/C20H25N3O6S2/c1-28-16-7-5-15(6-8-16)9-10-21-19(24)20(25)22-14-17-23(11-3-12-29-17)31(26,27)18-4-2-13-30-18/h2,4-8,13,17H,3,9-12,14H2,1H3,(H,21,24)(H,22,25)/t17-/m1/s1. The van der Waals surface area contributed by atoms with E-state index in [9.17, 15) is 18.0 Å². The average molecular weight is 468 g/mol. The Morgan fingerprint density at radius 3 is 2.61 bits per heavy atom. The van der Waals surface area contributed by atoms with Gasteiger partial charge in [-0.1, -0.05) is 18.2 Å². The van der Waals surface area contributed by atoms with Crippen molar-refractivity contribution in [2.24, 2.45) is 0 Å². The van der Waals surface area contributed by atoms with Crippen LogP contribution >= 0.6 is 11.3 Å². The number of hydrogen-bond donors (Lipinski definition) is 2. The molecule has 2 amide bonds. The second-order valence-electron chi connectivity index (χ2n) is 6.79. The summed E-state index contributed by atoms with van der Waals surface area (Å²) >= 11 is 1.12. The Bertz CT molecular complexity index is 977. The van der Waals surface area contributed by atoms with Gasteiger partial charge in [-0.05, 0) is 42.0 Å². The van der Waals surface area contributed by atoms with E-state index in [-0.39, 0.29) is 23.8 Å². The van der Waals surface area contributed by atoms with Crippen LogP contribution in [0, 0.1) is 0 Å². The predicted molar refractivity (Wildman–Crippen MR) is 115 cm³/mol. The molecule has 1 fully saturated rings. The number of carbonyl (C=O) groups is 2. The molecule has 1 aliphatic rings. The van der Waals surface area contributed by atoms with E-state index >= 15 is 0 Å². The SMILES string of the molecule is COc1ccc(CCNC(=O)C(=O)NC[C@H]2OCCCN2S(=O)(=O)c2cccs2)cc1. The van der Waals surface area contributed by atoms with Gasteiger partial charge in [-0.15, -0.1) is 11.3 Å². The van der Waals surface area contributed by atoms with Crippen LogP contribution in [-0.4, -0.2) is 64.1 Å². The number of thiophene rings is 1. The molecule has 0 bridgehead atoms. The first-order valence-electron chi connectivity index (χ1n) is 9.77. The minimum atomic E-state index is -3.72. The van der Waals surface area contributed by atoms with Crippen LogP contribution in [0.15, 0.2) is 46.0 Å². The molecule has 1 aromatic carbocycles. The Hall–Kier alpha value is -2.47. The summed E-state index contributed by atoms with van der Waals surface area (Å²) in [5, 5.41) is 6.71. The molecule has 31 heavy (non-hydrogen) atoms. The summed E-state index contributed by atoms with van der Waals surface area (Å²) in [6, 6.07) is 10.6. The molecule has 0 spiro atoms. The van der Waals surface area contributed by atoms with E-state index in [0.717, 1.165) is 22.6 Å². The van der Waals surface area contributed by atoms with Crippen LogP contribution in [0.5, 0.6) is 5.75 Å². The average Bonchev–Trinajstić information content (AvgIpc) is 3.34. The van der Waals surface area contributed by atoms with Crippen molar-refractivity contribution < 1.29 is 27.5 Å². The summed E-state index contributed by atoms with van der Waals surface area (Å²) in [4.78, 5) is 24.2. The Balaban J connectivity index is 1.48. The third-order valence-corrected chi connectivity index (χ3v) is 7.98. The van der Waals surface area contributed by atoms with Gasteiger partial charge in [-0.2, -0.15) is 4.31 Å². The van der Waals surface area contributed by atoms with Gasteiger partial charge in [0, 0.05) is 13.1 Å². The summed E-state index contributed by atoms with van der Waals surface area (Å²) in [5.41, 5.74) is 0.992. The van der Waals surface area contributed by atoms with Crippen LogP contribution in [0.3, 0.4) is 0 Å². The van der Waals surface area contributed by atoms with Crippen LogP contribution < -0.4 is 15.4 Å². The van der Waals surface area contributed by atoms with E-state index in [1.807, 2.05) is 24.3 Å². The summed E-state index contributed by atoms with van der Waals surface area (Å²) in [6.45, 7) is 0.840. The van der Waals surface area contributed by atoms with Gasteiger partial charge in [0.2, 0.25) is 0 Å². The van der Waals surface area contributed by atoms with Crippen LogP contribution in [-0.2, 0) is 30.8 Å². The number of benzene rings is 1. The van der Waals surface area contributed by atoms with Crippen molar-refractivity contribution in [2.45, 2.75) is 23.3 Å². The number of amides is 2. The molecule has 1 aromatic heterocycles. The molecule has 2 N–H and O–H groups in total. The maximum Gasteiger partial charge on any atom is 0.309 e. The maximum absolute atomic E-state index is 12.8. The van der Waals surface area contributed by atoms with E-state index in [1.165, 1.54) is 10.4 Å². The fourth-order valence-electron chi connectivity index (χ4n) is 3.08. The lowest BCUT2D eigenvalue weighted by Crippen LogP contribution is -2.53. The van der Waals surface area contributed by atoms with Crippen LogP contribution in [0.1, 0.15) is 12.0 Å². The third kappa shape index (κ3) is 6.03. The zero-order valence-electron chi connectivity index (χ0n) is 17.1. The monoisotopic (exact) mass is 467 g/mol. The molecule has 0 unspecified atom stereocenters. The minimum Gasteiger partial charge on any atom is -0.497 e. The molecule has 2 heterocycles. The van der Waals surface area contributed by atoms with Gasteiger partial charge >= 0.3 is 11.8 Å². The number of methoxy groups -OCH3 is 1. The highest BCUT2D eigenvalue weighted by atomic mass is 32.2. The quantitative estimate of drug-likeness (QED) is 0.559. The lowest BCUT2D eigenvalue weighted by molar-refractivity contribution is -0.140. The van der Waals surface area contributed by atoms with Crippen molar-refractivity contribution in [1.82, 2.24) is 14.9 Å². The molecule has 1 aliphatic heterocycles. The molecule has 3 rings (SSSR count). The Kier molecular flexibility index (Phi) is 8.02. The lowest BCUT2D eigenvalue weighted by atomic mass is 10.1. The second-order valence-corrected chi connectivity index (χ2v) is 9.86. The molecule has 1 atom stereocenters. The molecule has 11 heteroatoms. The van der Waals surface area contributed by atoms with Gasteiger partial charge in [-0.25, -0.2) is 8.42 Å². The van der Waals surface area contributed by atoms with Gasteiger partial charge in [0.25, 0.3) is 10.0 Å². The van der Waals surface area contributed by atoms with E-state index in [1.54, 1.807) is 18.6 Å². The van der Waals surface area contributed by atoms with E-state index < -0.39 is 28.1 Å². The van der Waals surface area contributed by atoms with E-state index in [2.05, 4.69) is 10.6 Å². The highest BCUT2D eigenvalue weighted by Crippen LogP contribution is 2.25. The molecule has 0 radical (unpaired) electrons. The Morgan fingerprint density at radius 2 is 1.94 bits per heavy atom. The number of nitrogens with one attached hydrogen (secondary N) is 2. The predicted octanol–water partition coefficient (Wildman–Crippen LogP) is 0.969. The Labute approximate surface area is 185 Å². The molecule has 168 valence electrons. The van der Waals surface area contributed by atoms with E-state index in [4.69, 9.17) is 9.47 Å². The smallest absolute Gasteiger partial charge is 0.309 e. The van der Waals surface area contributed by atoms with Crippen LogP contribution in [0.4, 0.5) is 0 Å². The zero-order chi connectivity index (χ0) is 22.3. The van der Waals surface area contributed by atoms with Crippen molar-refractivity contribution >= 4 is 33.2 Å². The summed E-state index contributed by atoms with van der Waals surface area (Å²) in [5.74, 6) is -0.874. The topological polar surface area (TPSA) is 114 Å². The molecule has 9 nitrogen and oxygen atoms in total. The Morgan fingerprint density at radius 1 is 1.19 bits per heavy atom. The third-order valence-electron chi connectivity index (χ3n) is 4.71. The molecular weight excluding hydrogens is 442 g/mol. The second kappa shape index (κ2) is 10.7. The highest BCUT2D eigenvalue weighted by molar-refractivity contribution is 7.91. The number of sulfonamides is 1.